The van der Waals surface area contributed by atoms with Gasteiger partial charge < -0.3 is 10.6 Å². The molecule has 0 aliphatic carbocycles. The summed E-state index contributed by atoms with van der Waals surface area (Å²) in [5.41, 5.74) is 0.429. The lowest BCUT2D eigenvalue weighted by Gasteiger charge is -2.14. The second-order valence-electron chi connectivity index (χ2n) is 5.58. The zero-order valence-electron chi connectivity index (χ0n) is 12.7. The number of benzene rings is 1. The average molecular weight is 349 g/mol. The van der Waals surface area contributed by atoms with Crippen LogP contribution in [-0.4, -0.2) is 36.9 Å². The van der Waals surface area contributed by atoms with Gasteiger partial charge in [-0.1, -0.05) is 12.1 Å². The van der Waals surface area contributed by atoms with Crippen molar-refractivity contribution in [2.45, 2.75) is 12.5 Å². The molecule has 2 heterocycles. The predicted molar refractivity (Wildman–Crippen MR) is 88.4 cm³/mol. The van der Waals surface area contributed by atoms with Crippen LogP contribution in [0.25, 0.3) is 0 Å². The molecule has 6 nitrogen and oxygen atoms in total. The standard InChI is InChI=1S/C16H16FN3O3S/c17-13-5-1-2-6-14(13)20-15-12(4-3-8-18-15)16(21)19-11-7-9-24(22,23)10-11/h1-6,8,11H,7,9-10H2,(H,18,20)(H,19,21). The Bertz CT molecular complexity index is 870. The number of hydrogen-bond acceptors (Lipinski definition) is 5. The van der Waals surface area contributed by atoms with Gasteiger partial charge in [-0.15, -0.1) is 0 Å². The molecule has 126 valence electrons. The van der Waals surface area contributed by atoms with Gasteiger partial charge in [-0.25, -0.2) is 17.8 Å². The Morgan fingerprint density at radius 3 is 2.71 bits per heavy atom. The van der Waals surface area contributed by atoms with Gasteiger partial charge in [0.15, 0.2) is 9.84 Å². The average Bonchev–Trinajstić information content (AvgIpc) is 2.89. The van der Waals surface area contributed by atoms with E-state index < -0.39 is 27.6 Å². The van der Waals surface area contributed by atoms with Crippen LogP contribution in [-0.2, 0) is 9.84 Å². The summed E-state index contributed by atoms with van der Waals surface area (Å²) in [6.07, 6.45) is 1.88. The Hall–Kier alpha value is -2.48. The number of carbonyl (C=O) groups excluding carboxylic acids is 1. The summed E-state index contributed by atoms with van der Waals surface area (Å²) in [4.78, 5) is 16.5. The molecular weight excluding hydrogens is 333 g/mol. The van der Waals surface area contributed by atoms with Gasteiger partial charge in [0, 0.05) is 12.2 Å². The normalized spacial score (nSPS) is 19.0. The van der Waals surface area contributed by atoms with Crippen molar-refractivity contribution >= 4 is 27.2 Å². The molecule has 1 aliphatic rings. The van der Waals surface area contributed by atoms with Crippen LogP contribution in [0.3, 0.4) is 0 Å². The summed E-state index contributed by atoms with van der Waals surface area (Å²) in [5, 5.41) is 5.50. The van der Waals surface area contributed by atoms with Crippen LogP contribution < -0.4 is 10.6 Å². The van der Waals surface area contributed by atoms with Crippen molar-refractivity contribution < 1.29 is 17.6 Å². The van der Waals surface area contributed by atoms with Gasteiger partial charge in [0.2, 0.25) is 0 Å². The molecule has 1 fully saturated rings. The first kappa shape index (κ1) is 16.4. The maximum absolute atomic E-state index is 13.8. The van der Waals surface area contributed by atoms with Gasteiger partial charge in [0.05, 0.1) is 22.8 Å². The number of aromatic nitrogens is 1. The molecule has 1 aliphatic heterocycles. The zero-order chi connectivity index (χ0) is 17.2. The molecule has 1 amide bonds. The molecular formula is C16H16FN3O3S. The van der Waals surface area contributed by atoms with Gasteiger partial charge in [0.25, 0.3) is 5.91 Å². The minimum Gasteiger partial charge on any atom is -0.348 e. The summed E-state index contributed by atoms with van der Waals surface area (Å²) in [5.74, 6) is -0.679. The Morgan fingerprint density at radius 2 is 2.00 bits per heavy atom. The molecule has 1 saturated heterocycles. The number of amides is 1. The van der Waals surface area contributed by atoms with Crippen LogP contribution in [0.4, 0.5) is 15.9 Å². The van der Waals surface area contributed by atoms with E-state index in [4.69, 9.17) is 0 Å². The Labute approximate surface area is 139 Å². The minimum atomic E-state index is -3.08. The summed E-state index contributed by atoms with van der Waals surface area (Å²) in [7, 11) is -3.08. The van der Waals surface area contributed by atoms with Crippen LogP contribution in [0.15, 0.2) is 42.6 Å². The van der Waals surface area contributed by atoms with Crippen molar-refractivity contribution in [2.24, 2.45) is 0 Å². The molecule has 0 saturated carbocycles. The SMILES string of the molecule is O=C(NC1CCS(=O)(=O)C1)c1cccnc1Nc1ccccc1F. The van der Waals surface area contributed by atoms with Crippen molar-refractivity contribution in [1.82, 2.24) is 10.3 Å². The van der Waals surface area contributed by atoms with Crippen LogP contribution in [0.2, 0.25) is 0 Å². The number of anilines is 2. The maximum atomic E-state index is 13.8. The van der Waals surface area contributed by atoms with E-state index in [1.54, 1.807) is 24.3 Å². The molecule has 0 bridgehead atoms. The number of sulfone groups is 1. The number of halogens is 1. The fraction of sp³-hybridized carbons (Fsp3) is 0.250. The number of pyridine rings is 1. The monoisotopic (exact) mass is 349 g/mol. The van der Waals surface area contributed by atoms with Gasteiger partial charge >= 0.3 is 0 Å². The molecule has 24 heavy (non-hydrogen) atoms. The third kappa shape index (κ3) is 3.70. The molecule has 1 aromatic carbocycles. The number of rotatable bonds is 4. The fourth-order valence-corrected chi connectivity index (χ4v) is 4.22. The van der Waals surface area contributed by atoms with E-state index >= 15 is 0 Å². The Morgan fingerprint density at radius 1 is 1.21 bits per heavy atom. The van der Waals surface area contributed by atoms with Crippen LogP contribution in [0.5, 0.6) is 0 Å². The molecule has 1 aromatic heterocycles. The topological polar surface area (TPSA) is 88.2 Å². The highest BCUT2D eigenvalue weighted by Gasteiger charge is 2.29. The summed E-state index contributed by atoms with van der Waals surface area (Å²) >= 11 is 0. The van der Waals surface area contributed by atoms with Crippen LogP contribution >= 0.6 is 0 Å². The smallest absolute Gasteiger partial charge is 0.255 e. The fourth-order valence-electron chi connectivity index (χ4n) is 2.55. The molecule has 1 unspecified atom stereocenters. The largest absolute Gasteiger partial charge is 0.348 e. The van der Waals surface area contributed by atoms with E-state index in [1.807, 2.05) is 0 Å². The Kier molecular flexibility index (Phi) is 4.48. The van der Waals surface area contributed by atoms with Gasteiger partial charge in [-0.2, -0.15) is 0 Å². The molecule has 8 heteroatoms. The van der Waals surface area contributed by atoms with Crippen LogP contribution in [0.1, 0.15) is 16.8 Å². The second kappa shape index (κ2) is 6.56. The van der Waals surface area contributed by atoms with E-state index in [9.17, 15) is 17.6 Å². The zero-order valence-corrected chi connectivity index (χ0v) is 13.5. The lowest BCUT2D eigenvalue weighted by molar-refractivity contribution is 0.0941. The van der Waals surface area contributed by atoms with Crippen LogP contribution in [0, 0.1) is 5.82 Å². The van der Waals surface area contributed by atoms with Crippen molar-refractivity contribution in [1.29, 1.82) is 0 Å². The quantitative estimate of drug-likeness (QED) is 0.880. The summed E-state index contributed by atoms with van der Waals surface area (Å²) < 4.78 is 36.7. The predicted octanol–water partition coefficient (Wildman–Crippen LogP) is 1.88. The first-order valence-electron chi connectivity index (χ1n) is 7.42. The Balaban J connectivity index is 1.79. The highest BCUT2D eigenvalue weighted by atomic mass is 32.2. The van der Waals surface area contributed by atoms with Crippen molar-refractivity contribution in [2.75, 3.05) is 16.8 Å². The van der Waals surface area contributed by atoms with Crippen molar-refractivity contribution in [3.05, 3.63) is 54.0 Å². The van der Waals surface area contributed by atoms with Gasteiger partial charge in [-0.3, -0.25) is 4.79 Å². The minimum absolute atomic E-state index is 0.0604. The molecule has 1 atom stereocenters. The van der Waals surface area contributed by atoms with Crippen molar-refractivity contribution in [3.63, 3.8) is 0 Å². The number of nitrogens with one attached hydrogen (secondary N) is 2. The lowest BCUT2D eigenvalue weighted by Crippen LogP contribution is -2.36. The molecule has 2 N–H and O–H groups in total. The van der Waals surface area contributed by atoms with Gasteiger partial charge in [-0.05, 0) is 30.7 Å². The number of para-hydroxylation sites is 1. The number of hydrogen-bond donors (Lipinski definition) is 2. The molecule has 3 rings (SSSR count). The summed E-state index contributed by atoms with van der Waals surface area (Å²) in [6.45, 7) is 0. The highest BCUT2D eigenvalue weighted by molar-refractivity contribution is 7.91. The van der Waals surface area contributed by atoms with E-state index in [0.29, 0.717) is 6.42 Å². The van der Waals surface area contributed by atoms with Crippen molar-refractivity contribution in [3.8, 4) is 0 Å². The highest BCUT2D eigenvalue weighted by Crippen LogP contribution is 2.21. The summed E-state index contributed by atoms with van der Waals surface area (Å²) in [6, 6.07) is 8.79. The third-order valence-electron chi connectivity index (χ3n) is 3.75. The van der Waals surface area contributed by atoms with Gasteiger partial charge in [0.1, 0.15) is 11.6 Å². The van der Waals surface area contributed by atoms with E-state index in [2.05, 4.69) is 15.6 Å². The molecule has 0 spiro atoms. The number of nitrogens with zero attached hydrogens (tertiary/aromatic N) is 1. The van der Waals surface area contributed by atoms with E-state index in [-0.39, 0.29) is 28.6 Å². The number of carbonyl (C=O) groups is 1. The lowest BCUT2D eigenvalue weighted by atomic mass is 10.2. The second-order valence-corrected chi connectivity index (χ2v) is 7.81. The first-order valence-corrected chi connectivity index (χ1v) is 9.24. The molecule has 0 radical (unpaired) electrons. The third-order valence-corrected chi connectivity index (χ3v) is 5.51. The van der Waals surface area contributed by atoms with E-state index in [1.165, 1.54) is 18.3 Å². The first-order chi connectivity index (χ1) is 11.4. The maximum Gasteiger partial charge on any atom is 0.255 e. The molecule has 2 aromatic rings. The van der Waals surface area contributed by atoms with E-state index in [0.717, 1.165) is 0 Å².